The molecule has 0 N–H and O–H groups in total. The van der Waals surface area contributed by atoms with Crippen LogP contribution in [0.5, 0.6) is 0 Å². The average Bonchev–Trinajstić information content (AvgIpc) is 2.82. The predicted octanol–water partition coefficient (Wildman–Crippen LogP) is 2.38. The van der Waals surface area contributed by atoms with E-state index in [0.29, 0.717) is 3.57 Å². The molecule has 0 bridgehead atoms. The van der Waals surface area contributed by atoms with Crippen LogP contribution in [0.15, 0.2) is 53.6 Å². The van der Waals surface area contributed by atoms with Crippen molar-refractivity contribution in [2.75, 3.05) is 26.4 Å². The first-order valence-corrected chi connectivity index (χ1v) is 13.4. The van der Waals surface area contributed by atoms with E-state index >= 15 is 0 Å². The molecule has 1 aromatic rings. The molecular formula is C24H27IO12. The van der Waals surface area contributed by atoms with Crippen molar-refractivity contribution in [1.29, 1.82) is 0 Å². The molecule has 0 saturated carbocycles. The number of hydrogen-bond donors (Lipinski definition) is 0. The second-order valence-corrected chi connectivity index (χ2v) is 10.4. The number of carbonyl (C=O) groups is 6. The van der Waals surface area contributed by atoms with E-state index in [1.807, 2.05) is 0 Å². The fraction of sp³-hybridized carbons (Fsp3) is 0.333. The van der Waals surface area contributed by atoms with Gasteiger partial charge >= 0.3 is 222 Å². The molecular weight excluding hydrogens is 607 g/mol. The van der Waals surface area contributed by atoms with Gasteiger partial charge in [0.25, 0.3) is 0 Å². The zero-order valence-electron chi connectivity index (χ0n) is 20.6. The van der Waals surface area contributed by atoms with Crippen molar-refractivity contribution >= 4 is 56.5 Å². The van der Waals surface area contributed by atoms with Crippen LogP contribution in [-0.2, 0) is 53.8 Å². The molecule has 0 aromatic heterocycles. The van der Waals surface area contributed by atoms with E-state index in [2.05, 4.69) is 0 Å². The third-order valence-electron chi connectivity index (χ3n) is 3.69. The summed E-state index contributed by atoms with van der Waals surface area (Å²) in [6.45, 7) is 3.39. The summed E-state index contributed by atoms with van der Waals surface area (Å²) in [6.07, 6.45) is 1.96. The van der Waals surface area contributed by atoms with Gasteiger partial charge in [0.05, 0.1) is 0 Å². The summed E-state index contributed by atoms with van der Waals surface area (Å²) in [5, 5.41) is 0. The van der Waals surface area contributed by atoms with Gasteiger partial charge < -0.3 is 0 Å². The summed E-state index contributed by atoms with van der Waals surface area (Å²) >= 11 is -3.42. The minimum absolute atomic E-state index is 0.135. The van der Waals surface area contributed by atoms with Crippen LogP contribution >= 0.6 is 20.6 Å². The number of hydrogen-bond acceptors (Lipinski definition) is 12. The van der Waals surface area contributed by atoms with Gasteiger partial charge in [0.2, 0.25) is 0 Å². The number of rotatable bonds is 13. The van der Waals surface area contributed by atoms with E-state index in [0.717, 1.165) is 12.2 Å². The predicted molar refractivity (Wildman–Crippen MR) is 134 cm³/mol. The van der Waals surface area contributed by atoms with E-state index in [4.69, 9.17) is 25.1 Å². The van der Waals surface area contributed by atoms with Gasteiger partial charge in [0.1, 0.15) is 0 Å². The normalized spacial score (nSPS) is 10.1. The summed E-state index contributed by atoms with van der Waals surface area (Å²) in [5.74, 6) is -4.28. The van der Waals surface area contributed by atoms with Crippen LogP contribution < -0.4 is 0 Å². The first-order chi connectivity index (χ1) is 17.5. The zero-order chi connectivity index (χ0) is 27.8. The van der Waals surface area contributed by atoms with E-state index in [1.165, 1.54) is 27.7 Å². The van der Waals surface area contributed by atoms with Gasteiger partial charge in [-0.3, -0.25) is 0 Å². The molecule has 0 radical (unpaired) electrons. The molecule has 0 amide bonds. The summed E-state index contributed by atoms with van der Waals surface area (Å²) in [5.41, 5.74) is 0.270. The monoisotopic (exact) mass is 634 g/mol. The fourth-order valence-electron chi connectivity index (χ4n) is 2.17. The van der Waals surface area contributed by atoms with Gasteiger partial charge in [-0.25, -0.2) is 0 Å². The summed E-state index contributed by atoms with van der Waals surface area (Å²) in [4.78, 5) is 69.8. The van der Waals surface area contributed by atoms with Crippen LogP contribution in [0.2, 0.25) is 0 Å². The Kier molecular flexibility index (Phi) is 14.2. The van der Waals surface area contributed by atoms with Crippen molar-refractivity contribution in [3.8, 4) is 0 Å². The molecule has 0 aliphatic carbocycles. The van der Waals surface area contributed by atoms with Crippen LogP contribution in [0.4, 0.5) is 0 Å². The second-order valence-electron chi connectivity index (χ2n) is 7.03. The minimum atomic E-state index is -3.42. The SMILES string of the molecule is CC(=O)OCC(=CC(=O)OI(OC(=O)C=C(COC(C)=O)COC(C)=O)c1ccccc1)COC(C)=O. The summed E-state index contributed by atoms with van der Waals surface area (Å²) in [7, 11) is 0. The molecule has 37 heavy (non-hydrogen) atoms. The van der Waals surface area contributed by atoms with Crippen molar-refractivity contribution < 1.29 is 53.8 Å². The molecule has 0 fully saturated rings. The molecule has 0 spiro atoms. The number of ether oxygens (including phenoxy) is 4. The first kappa shape index (κ1) is 31.3. The summed E-state index contributed by atoms with van der Waals surface area (Å²) < 4.78 is 30.8. The Hall–Kier alpha value is -3.75. The maximum absolute atomic E-state index is 12.6. The standard InChI is InChI=1S/C24H27IO12/c1-16(26)32-12-20(13-33-17(2)27)10-23(30)36-25(22-8-6-5-7-9-22)37-24(31)11-21(14-34-18(3)28)15-35-19(4)29/h5-11H,12-15H2,1-4H3. The van der Waals surface area contributed by atoms with Crippen molar-refractivity contribution in [2.24, 2.45) is 0 Å². The van der Waals surface area contributed by atoms with Crippen molar-refractivity contribution in [2.45, 2.75) is 27.7 Å². The molecule has 0 aliphatic rings. The van der Waals surface area contributed by atoms with Crippen LogP contribution in [0.3, 0.4) is 0 Å². The Morgan fingerprint density at radius 3 is 1.22 bits per heavy atom. The third kappa shape index (κ3) is 15.1. The van der Waals surface area contributed by atoms with Gasteiger partial charge in [-0.15, -0.1) is 0 Å². The van der Waals surface area contributed by atoms with Gasteiger partial charge in [0, 0.05) is 0 Å². The first-order valence-electron chi connectivity index (χ1n) is 10.6. The maximum atomic E-state index is 12.6. The molecule has 0 aliphatic heterocycles. The quantitative estimate of drug-likeness (QED) is 0.135. The molecule has 13 heteroatoms. The molecule has 1 aromatic carbocycles. The number of benzene rings is 1. The van der Waals surface area contributed by atoms with Gasteiger partial charge in [-0.05, 0) is 0 Å². The fourth-order valence-corrected chi connectivity index (χ4v) is 4.81. The van der Waals surface area contributed by atoms with E-state index in [1.54, 1.807) is 30.3 Å². The van der Waals surface area contributed by atoms with Crippen LogP contribution in [0.25, 0.3) is 0 Å². The van der Waals surface area contributed by atoms with Gasteiger partial charge in [-0.2, -0.15) is 0 Å². The molecule has 1 rings (SSSR count). The van der Waals surface area contributed by atoms with Crippen molar-refractivity contribution in [3.05, 3.63) is 57.2 Å². The molecule has 0 atom stereocenters. The molecule has 0 unspecified atom stereocenters. The van der Waals surface area contributed by atoms with Gasteiger partial charge in [0.15, 0.2) is 0 Å². The van der Waals surface area contributed by atoms with Crippen molar-refractivity contribution in [1.82, 2.24) is 0 Å². The second kappa shape index (κ2) is 16.8. The van der Waals surface area contributed by atoms with Crippen LogP contribution in [0, 0.1) is 3.57 Å². The average molecular weight is 634 g/mol. The van der Waals surface area contributed by atoms with Crippen LogP contribution in [0.1, 0.15) is 27.7 Å². The molecule has 202 valence electrons. The number of halogens is 1. The topological polar surface area (TPSA) is 158 Å². The molecule has 0 heterocycles. The Morgan fingerprint density at radius 1 is 0.595 bits per heavy atom. The molecule has 0 saturated heterocycles. The molecule has 12 nitrogen and oxygen atoms in total. The number of esters is 4. The third-order valence-corrected chi connectivity index (χ3v) is 7.10. The van der Waals surface area contributed by atoms with Crippen LogP contribution in [-0.4, -0.2) is 62.2 Å². The van der Waals surface area contributed by atoms with E-state index in [9.17, 15) is 28.8 Å². The summed E-state index contributed by atoms with van der Waals surface area (Å²) in [6, 6.07) is 8.25. The Morgan fingerprint density at radius 2 is 0.919 bits per heavy atom. The van der Waals surface area contributed by atoms with Gasteiger partial charge in [-0.1, -0.05) is 0 Å². The van der Waals surface area contributed by atoms with Crippen molar-refractivity contribution in [3.63, 3.8) is 0 Å². The Bertz CT molecular complexity index is 941. The zero-order valence-corrected chi connectivity index (χ0v) is 22.8. The number of carbonyl (C=O) groups excluding carboxylic acids is 6. The van der Waals surface area contributed by atoms with E-state index < -0.39 is 56.5 Å². The Labute approximate surface area is 221 Å². The van der Waals surface area contributed by atoms with E-state index in [-0.39, 0.29) is 37.6 Å². The Balaban J connectivity index is 3.10.